The largest absolute Gasteiger partial charge is 0.483 e. The second-order valence-electron chi connectivity index (χ2n) is 9.06. The van der Waals surface area contributed by atoms with Gasteiger partial charge in [-0.15, -0.1) is 0 Å². The van der Waals surface area contributed by atoms with Gasteiger partial charge in [-0.1, -0.05) is 6.07 Å². The van der Waals surface area contributed by atoms with Crippen molar-refractivity contribution in [3.05, 3.63) is 47.8 Å². The third kappa shape index (κ3) is 6.68. The third-order valence-electron chi connectivity index (χ3n) is 5.65. The number of alkyl halides is 6. The zero-order chi connectivity index (χ0) is 30.3. The summed E-state index contributed by atoms with van der Waals surface area (Å²) in [7, 11) is -4.89. The van der Waals surface area contributed by atoms with Crippen molar-refractivity contribution in [1.29, 1.82) is 0 Å². The van der Waals surface area contributed by atoms with E-state index in [1.54, 1.807) is 0 Å². The molecular formula is C23H21F7N2O7S. The summed E-state index contributed by atoms with van der Waals surface area (Å²) in [5, 5.41) is 10.8. The highest BCUT2D eigenvalue weighted by Gasteiger charge is 2.51. The average Bonchev–Trinajstić information content (AvgIpc) is 2.81. The van der Waals surface area contributed by atoms with Crippen molar-refractivity contribution in [3.63, 3.8) is 0 Å². The summed E-state index contributed by atoms with van der Waals surface area (Å²) < 4.78 is 131. The molecule has 0 aliphatic carbocycles. The number of aliphatic carboxylic acids is 1. The number of carbonyl (C=O) groups excluding carboxylic acids is 1. The van der Waals surface area contributed by atoms with Crippen LogP contribution in [0.1, 0.15) is 32.3 Å². The zero-order valence-corrected chi connectivity index (χ0v) is 21.4. The predicted molar refractivity (Wildman–Crippen MR) is 124 cm³/mol. The first-order valence-corrected chi connectivity index (χ1v) is 12.6. The van der Waals surface area contributed by atoms with Crippen LogP contribution in [-0.4, -0.2) is 50.0 Å². The first-order chi connectivity index (χ1) is 18.2. The highest BCUT2D eigenvalue weighted by atomic mass is 32.2. The fraction of sp³-hybridized carbons (Fsp3) is 0.391. The lowest BCUT2D eigenvalue weighted by Gasteiger charge is -2.36. The Balaban J connectivity index is 2.06. The number of sulfonamides is 1. The van der Waals surface area contributed by atoms with E-state index in [0.29, 0.717) is 36.4 Å². The number of hydrogen-bond donors (Lipinski definition) is 2. The molecular weight excluding hydrogens is 581 g/mol. The molecule has 1 atom stereocenters. The standard InChI is InChI=1S/C23H21F7N2O7S/c1-21(2,23(28,29)30)39-20(35)31-13-9-16(24)19-17(10-13)32(11-14(38-19)6-7-18(33)34)40(36,37)15-5-3-4-12(8-15)22(25,26)27/h3-5,8-10,14H,6-7,11H2,1-2H3,(H,31,35)(H,33,34)/t14-/m0/s1. The molecule has 2 aromatic rings. The van der Waals surface area contributed by atoms with Gasteiger partial charge in [-0.3, -0.25) is 14.4 Å². The fourth-order valence-electron chi connectivity index (χ4n) is 3.50. The van der Waals surface area contributed by atoms with Gasteiger partial charge in [0.2, 0.25) is 5.60 Å². The van der Waals surface area contributed by atoms with E-state index in [9.17, 15) is 44.3 Å². The van der Waals surface area contributed by atoms with Gasteiger partial charge in [0.25, 0.3) is 10.0 Å². The van der Waals surface area contributed by atoms with Gasteiger partial charge in [-0.2, -0.15) is 26.3 Å². The van der Waals surface area contributed by atoms with Crippen LogP contribution in [0.5, 0.6) is 5.75 Å². The van der Waals surface area contributed by atoms with Crippen molar-refractivity contribution in [2.75, 3.05) is 16.2 Å². The van der Waals surface area contributed by atoms with Gasteiger partial charge >= 0.3 is 24.4 Å². The molecule has 1 heterocycles. The molecule has 3 rings (SSSR count). The molecule has 40 heavy (non-hydrogen) atoms. The number of carboxylic acids is 1. The highest BCUT2D eigenvalue weighted by Crippen LogP contribution is 2.42. The SMILES string of the molecule is CC(C)(OC(=O)Nc1cc(F)c2c(c1)N(S(=O)(=O)c1cccc(C(F)(F)F)c1)C[C@H](CCC(=O)O)O2)C(F)(F)F. The number of halogens is 7. The molecule has 2 aromatic carbocycles. The summed E-state index contributed by atoms with van der Waals surface area (Å²) in [6, 6.07) is 4.02. The van der Waals surface area contributed by atoms with Crippen molar-refractivity contribution in [2.24, 2.45) is 0 Å². The lowest BCUT2D eigenvalue weighted by molar-refractivity contribution is -0.242. The van der Waals surface area contributed by atoms with Crippen molar-refractivity contribution < 1.29 is 63.3 Å². The van der Waals surface area contributed by atoms with Crippen LogP contribution < -0.4 is 14.4 Å². The molecule has 0 radical (unpaired) electrons. The predicted octanol–water partition coefficient (Wildman–Crippen LogP) is 5.56. The van der Waals surface area contributed by atoms with E-state index < -0.39 is 92.5 Å². The van der Waals surface area contributed by atoms with Gasteiger partial charge in [-0.05, 0) is 44.5 Å². The van der Waals surface area contributed by atoms with E-state index >= 15 is 4.39 Å². The Labute approximate surface area is 222 Å². The number of anilines is 2. The van der Waals surface area contributed by atoms with E-state index in [0.717, 1.165) is 18.2 Å². The quantitative estimate of drug-likeness (QED) is 0.398. The topological polar surface area (TPSA) is 122 Å². The summed E-state index contributed by atoms with van der Waals surface area (Å²) in [6.07, 6.45) is -13.7. The van der Waals surface area contributed by atoms with Crippen molar-refractivity contribution >= 4 is 33.5 Å². The monoisotopic (exact) mass is 602 g/mol. The minimum Gasteiger partial charge on any atom is -0.483 e. The Kier molecular flexibility index (Phi) is 8.21. The normalized spacial score (nSPS) is 16.1. The lowest BCUT2D eigenvalue weighted by Crippen LogP contribution is -2.44. The van der Waals surface area contributed by atoms with Crippen LogP contribution >= 0.6 is 0 Å². The van der Waals surface area contributed by atoms with E-state index in [4.69, 9.17) is 9.84 Å². The maximum Gasteiger partial charge on any atom is 0.427 e. The molecule has 0 aromatic heterocycles. The van der Waals surface area contributed by atoms with Crippen molar-refractivity contribution in [2.45, 2.75) is 55.6 Å². The maximum atomic E-state index is 15.1. The summed E-state index contributed by atoms with van der Waals surface area (Å²) in [4.78, 5) is 22.3. The van der Waals surface area contributed by atoms with Gasteiger partial charge in [-0.25, -0.2) is 17.6 Å². The van der Waals surface area contributed by atoms with E-state index in [2.05, 4.69) is 4.74 Å². The summed E-state index contributed by atoms with van der Waals surface area (Å²) in [5.41, 5.74) is -5.45. The lowest BCUT2D eigenvalue weighted by atomic mass is 10.1. The number of amides is 1. The van der Waals surface area contributed by atoms with Crippen LogP contribution in [-0.2, 0) is 25.7 Å². The van der Waals surface area contributed by atoms with Gasteiger partial charge in [0.1, 0.15) is 6.10 Å². The van der Waals surface area contributed by atoms with Gasteiger partial charge in [0, 0.05) is 18.2 Å². The number of nitrogens with one attached hydrogen (secondary N) is 1. The molecule has 0 saturated heterocycles. The van der Waals surface area contributed by atoms with Crippen LogP contribution in [0.4, 0.5) is 46.9 Å². The minimum absolute atomic E-state index is 0.318. The molecule has 2 N–H and O–H groups in total. The summed E-state index contributed by atoms with van der Waals surface area (Å²) in [5.74, 6) is -3.35. The Bertz CT molecular complexity index is 1410. The summed E-state index contributed by atoms with van der Waals surface area (Å²) in [6.45, 7) is 0.427. The second kappa shape index (κ2) is 10.7. The van der Waals surface area contributed by atoms with Crippen LogP contribution in [0.25, 0.3) is 0 Å². The number of benzene rings is 2. The first-order valence-electron chi connectivity index (χ1n) is 11.2. The molecule has 0 fully saturated rings. The second-order valence-corrected chi connectivity index (χ2v) is 10.9. The Morgan fingerprint density at radius 2 is 1.77 bits per heavy atom. The summed E-state index contributed by atoms with van der Waals surface area (Å²) >= 11 is 0. The maximum absolute atomic E-state index is 15.1. The van der Waals surface area contributed by atoms with Crippen LogP contribution in [0.15, 0.2) is 41.3 Å². The zero-order valence-electron chi connectivity index (χ0n) is 20.6. The van der Waals surface area contributed by atoms with Gasteiger partial charge in [0.15, 0.2) is 11.6 Å². The Hall–Kier alpha value is -3.76. The van der Waals surface area contributed by atoms with Crippen LogP contribution in [0, 0.1) is 5.82 Å². The fourth-order valence-corrected chi connectivity index (χ4v) is 5.03. The Morgan fingerprint density at radius 3 is 2.35 bits per heavy atom. The number of ether oxygens (including phenoxy) is 2. The van der Waals surface area contributed by atoms with Crippen molar-refractivity contribution in [1.82, 2.24) is 0 Å². The molecule has 1 amide bonds. The van der Waals surface area contributed by atoms with E-state index in [-0.39, 0.29) is 6.42 Å². The number of rotatable bonds is 7. The van der Waals surface area contributed by atoms with E-state index in [1.807, 2.05) is 5.32 Å². The molecule has 0 bridgehead atoms. The molecule has 1 aliphatic rings. The number of hydrogen-bond acceptors (Lipinski definition) is 6. The average molecular weight is 602 g/mol. The highest BCUT2D eigenvalue weighted by molar-refractivity contribution is 7.92. The van der Waals surface area contributed by atoms with Crippen molar-refractivity contribution in [3.8, 4) is 5.75 Å². The third-order valence-corrected chi connectivity index (χ3v) is 7.43. The van der Waals surface area contributed by atoms with Crippen LogP contribution in [0.3, 0.4) is 0 Å². The molecule has 1 aliphatic heterocycles. The molecule has 17 heteroatoms. The molecule has 0 unspecified atom stereocenters. The molecule has 9 nitrogen and oxygen atoms in total. The van der Waals surface area contributed by atoms with Gasteiger partial charge in [0.05, 0.1) is 22.7 Å². The molecule has 220 valence electrons. The molecule has 0 spiro atoms. The smallest absolute Gasteiger partial charge is 0.427 e. The number of nitrogens with zero attached hydrogens (tertiary/aromatic N) is 1. The van der Waals surface area contributed by atoms with E-state index in [1.165, 1.54) is 0 Å². The number of carboxylic acid groups (broad SMARTS) is 1. The first kappa shape index (κ1) is 30.8. The molecule has 0 saturated carbocycles. The number of carbonyl (C=O) groups is 2. The van der Waals surface area contributed by atoms with Gasteiger partial charge < -0.3 is 14.6 Å². The minimum atomic E-state index is -4.97. The number of fused-ring (bicyclic) bond motifs is 1. The Morgan fingerprint density at radius 1 is 1.12 bits per heavy atom. The van der Waals surface area contributed by atoms with Crippen LogP contribution in [0.2, 0.25) is 0 Å².